The van der Waals surface area contributed by atoms with Crippen molar-refractivity contribution in [2.45, 2.75) is 20.4 Å². The number of aryl methyl sites for hydroxylation is 2. The number of hydrogen-bond donors (Lipinski definition) is 1. The van der Waals surface area contributed by atoms with Crippen LogP contribution in [0.3, 0.4) is 0 Å². The maximum absolute atomic E-state index is 12.0. The summed E-state index contributed by atoms with van der Waals surface area (Å²) in [6.45, 7) is 4.62. The minimum absolute atomic E-state index is 0.0210. The highest BCUT2D eigenvalue weighted by molar-refractivity contribution is 5.96. The third kappa shape index (κ3) is 3.75. The number of aromatic nitrogens is 1. The Morgan fingerprint density at radius 2 is 1.89 bits per heavy atom. The summed E-state index contributed by atoms with van der Waals surface area (Å²) in [7, 11) is 3.47. The third-order valence-corrected chi connectivity index (χ3v) is 4.50. The Labute approximate surface area is 159 Å². The zero-order chi connectivity index (χ0) is 19.6. The summed E-state index contributed by atoms with van der Waals surface area (Å²) in [5.74, 6) is -0.0210. The van der Waals surface area contributed by atoms with Gasteiger partial charge in [0.25, 0.3) is 5.91 Å². The van der Waals surface area contributed by atoms with Gasteiger partial charge in [0.2, 0.25) is 0 Å². The molecule has 3 aromatic rings. The predicted molar refractivity (Wildman–Crippen MR) is 108 cm³/mol. The van der Waals surface area contributed by atoms with Crippen molar-refractivity contribution in [1.29, 1.82) is 5.26 Å². The van der Waals surface area contributed by atoms with E-state index in [9.17, 15) is 10.1 Å². The first-order chi connectivity index (χ1) is 12.9. The monoisotopic (exact) mass is 358 g/mol. The molecule has 0 saturated carbocycles. The van der Waals surface area contributed by atoms with Gasteiger partial charge < -0.3 is 10.2 Å². The number of hydrogen-bond acceptors (Lipinski definition) is 4. The number of anilines is 1. The Morgan fingerprint density at radius 1 is 1.19 bits per heavy atom. The van der Waals surface area contributed by atoms with Crippen LogP contribution in [-0.4, -0.2) is 29.9 Å². The van der Waals surface area contributed by atoms with Crippen LogP contribution in [0.5, 0.6) is 0 Å². The zero-order valence-electron chi connectivity index (χ0n) is 16.0. The van der Waals surface area contributed by atoms with Crippen molar-refractivity contribution < 1.29 is 4.79 Å². The Morgan fingerprint density at radius 3 is 2.52 bits per heavy atom. The standard InChI is InChI=1S/C22H22N4O/c1-14-9-15(2)20-19(10-14)21(18(11-23)13-25-20)24-12-16-5-7-17(8-6-16)22(27)26(3)4/h5-10,13H,12H2,1-4H3,(H,24,25). The summed E-state index contributed by atoms with van der Waals surface area (Å²) in [5.41, 5.74) is 6.12. The molecule has 0 bridgehead atoms. The number of nitrogens with zero attached hydrogens (tertiary/aromatic N) is 3. The lowest BCUT2D eigenvalue weighted by Gasteiger charge is -2.14. The van der Waals surface area contributed by atoms with Crippen LogP contribution in [-0.2, 0) is 6.54 Å². The molecule has 0 fully saturated rings. The Kier molecular flexibility index (Phi) is 5.09. The van der Waals surface area contributed by atoms with Gasteiger partial charge in [-0.15, -0.1) is 0 Å². The largest absolute Gasteiger partial charge is 0.379 e. The van der Waals surface area contributed by atoms with Crippen LogP contribution >= 0.6 is 0 Å². The first-order valence-corrected chi connectivity index (χ1v) is 8.75. The van der Waals surface area contributed by atoms with E-state index in [0.717, 1.165) is 33.3 Å². The van der Waals surface area contributed by atoms with Crippen molar-refractivity contribution in [3.8, 4) is 6.07 Å². The lowest BCUT2D eigenvalue weighted by molar-refractivity contribution is 0.0827. The van der Waals surface area contributed by atoms with Gasteiger partial charge in [-0.25, -0.2) is 0 Å². The van der Waals surface area contributed by atoms with Crippen LogP contribution in [0.15, 0.2) is 42.6 Å². The molecule has 5 heteroatoms. The summed E-state index contributed by atoms with van der Waals surface area (Å²) in [6, 6.07) is 13.9. The van der Waals surface area contributed by atoms with E-state index < -0.39 is 0 Å². The number of nitriles is 1. The number of carbonyl (C=O) groups is 1. The number of amides is 1. The average molecular weight is 358 g/mol. The van der Waals surface area contributed by atoms with Gasteiger partial charge in [0.15, 0.2) is 0 Å². The Hall–Kier alpha value is -3.39. The van der Waals surface area contributed by atoms with Crippen LogP contribution in [0.4, 0.5) is 5.69 Å². The Balaban J connectivity index is 1.91. The SMILES string of the molecule is Cc1cc(C)c2ncc(C#N)c(NCc3ccc(C(=O)N(C)C)cc3)c2c1. The number of carbonyl (C=O) groups excluding carboxylic acids is 1. The summed E-state index contributed by atoms with van der Waals surface area (Å²) < 4.78 is 0. The van der Waals surface area contributed by atoms with Gasteiger partial charge in [0.1, 0.15) is 6.07 Å². The van der Waals surface area contributed by atoms with Crippen molar-refractivity contribution >= 4 is 22.5 Å². The highest BCUT2D eigenvalue weighted by atomic mass is 16.2. The van der Waals surface area contributed by atoms with Gasteiger partial charge in [0.05, 0.1) is 16.8 Å². The molecule has 136 valence electrons. The predicted octanol–water partition coefficient (Wildman–Crippen LogP) is 4.04. The molecule has 1 aromatic heterocycles. The van der Waals surface area contributed by atoms with Crippen molar-refractivity contribution in [3.63, 3.8) is 0 Å². The highest BCUT2D eigenvalue weighted by Crippen LogP contribution is 2.29. The molecule has 1 N–H and O–H groups in total. The van der Waals surface area contributed by atoms with Crippen LogP contribution in [0, 0.1) is 25.2 Å². The van der Waals surface area contributed by atoms with E-state index in [1.807, 2.05) is 38.1 Å². The van der Waals surface area contributed by atoms with Gasteiger partial charge in [-0.1, -0.05) is 23.8 Å². The zero-order valence-corrected chi connectivity index (χ0v) is 16.0. The van der Waals surface area contributed by atoms with E-state index in [1.165, 1.54) is 0 Å². The number of benzene rings is 2. The van der Waals surface area contributed by atoms with Crippen LogP contribution in [0.25, 0.3) is 10.9 Å². The van der Waals surface area contributed by atoms with Gasteiger partial charge in [-0.2, -0.15) is 5.26 Å². The summed E-state index contributed by atoms with van der Waals surface area (Å²) in [5, 5.41) is 13.8. The van der Waals surface area contributed by atoms with Crippen LogP contribution in [0.1, 0.15) is 32.6 Å². The fourth-order valence-electron chi connectivity index (χ4n) is 3.15. The third-order valence-electron chi connectivity index (χ3n) is 4.50. The molecule has 5 nitrogen and oxygen atoms in total. The molecule has 0 atom stereocenters. The molecule has 3 rings (SSSR count). The van der Waals surface area contributed by atoms with Gasteiger partial charge in [-0.3, -0.25) is 9.78 Å². The molecule has 27 heavy (non-hydrogen) atoms. The smallest absolute Gasteiger partial charge is 0.253 e. The Bertz CT molecular complexity index is 1050. The van der Waals surface area contributed by atoms with E-state index in [2.05, 4.69) is 28.5 Å². The van der Waals surface area contributed by atoms with E-state index in [4.69, 9.17) is 0 Å². The van der Waals surface area contributed by atoms with Gasteiger partial charge in [-0.05, 0) is 43.2 Å². The second-order valence-corrected chi connectivity index (χ2v) is 6.89. The minimum Gasteiger partial charge on any atom is -0.379 e. The van der Waals surface area contributed by atoms with Crippen molar-refractivity contribution in [1.82, 2.24) is 9.88 Å². The minimum atomic E-state index is -0.0210. The summed E-state index contributed by atoms with van der Waals surface area (Å²) >= 11 is 0. The summed E-state index contributed by atoms with van der Waals surface area (Å²) in [4.78, 5) is 18.0. The van der Waals surface area contributed by atoms with Crippen molar-refractivity contribution in [3.05, 3.63) is 70.4 Å². The van der Waals surface area contributed by atoms with Crippen molar-refractivity contribution in [2.75, 3.05) is 19.4 Å². The van der Waals surface area contributed by atoms with Crippen LogP contribution in [0.2, 0.25) is 0 Å². The summed E-state index contributed by atoms with van der Waals surface area (Å²) in [6.07, 6.45) is 1.62. The molecule has 0 aliphatic rings. The second-order valence-electron chi connectivity index (χ2n) is 6.89. The van der Waals surface area contributed by atoms with Gasteiger partial charge in [0, 0.05) is 37.8 Å². The first-order valence-electron chi connectivity index (χ1n) is 8.75. The molecule has 0 aliphatic carbocycles. The lowest BCUT2D eigenvalue weighted by Crippen LogP contribution is -2.21. The normalized spacial score (nSPS) is 10.5. The first kappa shape index (κ1) is 18.4. The fourth-order valence-corrected chi connectivity index (χ4v) is 3.15. The highest BCUT2D eigenvalue weighted by Gasteiger charge is 2.12. The second kappa shape index (κ2) is 7.46. The van der Waals surface area contributed by atoms with E-state index >= 15 is 0 Å². The van der Waals surface area contributed by atoms with Crippen molar-refractivity contribution in [2.24, 2.45) is 0 Å². The van der Waals surface area contributed by atoms with Gasteiger partial charge >= 0.3 is 0 Å². The number of pyridine rings is 1. The van der Waals surface area contributed by atoms with E-state index in [-0.39, 0.29) is 5.91 Å². The molecule has 0 unspecified atom stereocenters. The fraction of sp³-hybridized carbons (Fsp3) is 0.227. The molecular weight excluding hydrogens is 336 g/mol. The van der Waals surface area contributed by atoms with E-state index in [1.54, 1.807) is 25.2 Å². The molecule has 0 spiro atoms. The number of fused-ring (bicyclic) bond motifs is 1. The molecule has 0 radical (unpaired) electrons. The van der Waals surface area contributed by atoms with E-state index in [0.29, 0.717) is 17.7 Å². The van der Waals surface area contributed by atoms with Crippen LogP contribution < -0.4 is 5.32 Å². The number of nitrogens with one attached hydrogen (secondary N) is 1. The molecule has 0 aliphatic heterocycles. The number of rotatable bonds is 4. The molecule has 1 heterocycles. The average Bonchev–Trinajstić information content (AvgIpc) is 2.65. The molecule has 0 saturated heterocycles. The molecule has 2 aromatic carbocycles. The lowest BCUT2D eigenvalue weighted by atomic mass is 10.0. The molecular formula is C22H22N4O. The maximum Gasteiger partial charge on any atom is 0.253 e. The topological polar surface area (TPSA) is 69.0 Å². The maximum atomic E-state index is 12.0. The molecule has 1 amide bonds. The quantitative estimate of drug-likeness (QED) is 0.764.